The zero-order chi connectivity index (χ0) is 24.3. The number of esters is 1. The number of rotatable bonds is 8. The number of sulfonamides is 1. The number of nitrogens with one attached hydrogen (secondary N) is 1. The molecule has 0 bridgehead atoms. The maximum atomic E-state index is 12.9. The summed E-state index contributed by atoms with van der Waals surface area (Å²) in [7, 11) is -4.04. The number of nitrogens with zero attached hydrogens (tertiary/aromatic N) is 2. The molecule has 1 aliphatic rings. The molecule has 2 aromatic carbocycles. The Labute approximate surface area is 197 Å². The minimum absolute atomic E-state index is 0.0464. The van der Waals surface area contributed by atoms with E-state index in [9.17, 15) is 13.2 Å². The van der Waals surface area contributed by atoms with E-state index in [2.05, 4.69) is 14.9 Å². The van der Waals surface area contributed by atoms with Gasteiger partial charge >= 0.3 is 5.97 Å². The molecule has 1 atom stereocenters. The molecule has 34 heavy (non-hydrogen) atoms. The van der Waals surface area contributed by atoms with Crippen LogP contribution in [-0.4, -0.2) is 43.8 Å². The third-order valence-electron chi connectivity index (χ3n) is 5.14. The lowest BCUT2D eigenvalue weighted by atomic mass is 10.1. The molecule has 0 spiro atoms. The molecule has 4 rings (SSSR count). The normalized spacial score (nSPS) is 14.1. The molecule has 0 amide bonds. The molecule has 0 fully saturated rings. The molecule has 0 saturated carbocycles. The number of fused-ring (bicyclic) bond motifs is 1. The smallest absolute Gasteiger partial charge is 0.324 e. The van der Waals surface area contributed by atoms with E-state index in [0.29, 0.717) is 30.5 Å². The molecule has 1 aliphatic heterocycles. The van der Waals surface area contributed by atoms with Crippen LogP contribution >= 0.6 is 0 Å². The van der Waals surface area contributed by atoms with Gasteiger partial charge in [-0.25, -0.2) is 8.42 Å². The highest BCUT2D eigenvalue weighted by Gasteiger charge is 2.31. The first kappa shape index (κ1) is 23.7. The summed E-state index contributed by atoms with van der Waals surface area (Å²) in [6.45, 7) is 5.82. The molecule has 2 heterocycles. The molecule has 0 saturated heterocycles. The molecule has 0 radical (unpaired) electrons. The zero-order valence-corrected chi connectivity index (χ0v) is 19.8. The number of carbonyl (C=O) groups excluding carboxylic acids is 1. The lowest BCUT2D eigenvalue weighted by molar-refractivity contribution is -0.148. The molecule has 0 aliphatic carbocycles. The van der Waals surface area contributed by atoms with Gasteiger partial charge in [0.05, 0.1) is 4.90 Å². The van der Waals surface area contributed by atoms with Crippen molar-refractivity contribution in [3.63, 3.8) is 0 Å². The molecule has 180 valence electrons. The minimum Gasteiger partial charge on any atom is -0.486 e. The molecule has 1 unspecified atom stereocenters. The lowest BCUT2D eigenvalue weighted by Crippen LogP contribution is -2.45. The highest BCUT2D eigenvalue weighted by atomic mass is 32.2. The van der Waals surface area contributed by atoms with Crippen LogP contribution in [0.4, 0.5) is 0 Å². The Morgan fingerprint density at radius 2 is 1.79 bits per heavy atom. The fraction of sp³-hybridized carbons (Fsp3) is 0.348. The number of ether oxygens (including phenoxy) is 3. The highest BCUT2D eigenvalue weighted by Crippen LogP contribution is 2.32. The SMILES string of the molecule is Cc1ccc(-c2noc(COC(=O)C(NS(=O)(=O)c3ccc4c(c3)OCCO4)C(C)C)n2)cc1. The van der Waals surface area contributed by atoms with E-state index in [0.717, 1.165) is 11.1 Å². The molecular formula is C23H25N3O7S. The van der Waals surface area contributed by atoms with E-state index in [1.54, 1.807) is 13.8 Å². The van der Waals surface area contributed by atoms with Gasteiger partial charge in [0.25, 0.3) is 5.89 Å². The van der Waals surface area contributed by atoms with Gasteiger partial charge in [-0.3, -0.25) is 4.79 Å². The van der Waals surface area contributed by atoms with Gasteiger partial charge in [0.2, 0.25) is 15.8 Å². The maximum Gasteiger partial charge on any atom is 0.324 e. The van der Waals surface area contributed by atoms with Crippen molar-refractivity contribution in [3.8, 4) is 22.9 Å². The van der Waals surface area contributed by atoms with Gasteiger partial charge in [0.1, 0.15) is 19.3 Å². The van der Waals surface area contributed by atoms with Crippen molar-refractivity contribution in [3.05, 3.63) is 53.9 Å². The summed E-state index contributed by atoms with van der Waals surface area (Å²) in [5, 5.41) is 3.90. The summed E-state index contributed by atoms with van der Waals surface area (Å²) in [6, 6.07) is 10.7. The Balaban J connectivity index is 1.42. The average Bonchev–Trinajstić information content (AvgIpc) is 3.30. The summed E-state index contributed by atoms with van der Waals surface area (Å²) in [4.78, 5) is 16.9. The molecular weight excluding hydrogens is 462 g/mol. The number of aryl methyl sites for hydroxylation is 1. The third-order valence-corrected chi connectivity index (χ3v) is 6.58. The minimum atomic E-state index is -4.04. The van der Waals surface area contributed by atoms with Gasteiger partial charge in [-0.1, -0.05) is 48.8 Å². The van der Waals surface area contributed by atoms with Gasteiger partial charge in [-0.05, 0) is 25.0 Å². The first-order valence-corrected chi connectivity index (χ1v) is 12.2. The van der Waals surface area contributed by atoms with Crippen molar-refractivity contribution < 1.29 is 31.9 Å². The topological polar surface area (TPSA) is 130 Å². The molecule has 3 aromatic rings. The Kier molecular flexibility index (Phi) is 6.85. The van der Waals surface area contributed by atoms with Crippen LogP contribution in [-0.2, 0) is 26.2 Å². The van der Waals surface area contributed by atoms with Crippen molar-refractivity contribution >= 4 is 16.0 Å². The highest BCUT2D eigenvalue weighted by molar-refractivity contribution is 7.89. The van der Waals surface area contributed by atoms with E-state index >= 15 is 0 Å². The third kappa shape index (κ3) is 5.37. The van der Waals surface area contributed by atoms with Crippen LogP contribution in [0.2, 0.25) is 0 Å². The fourth-order valence-electron chi connectivity index (χ4n) is 3.24. The summed E-state index contributed by atoms with van der Waals surface area (Å²) in [5.74, 6) is 0.122. The van der Waals surface area contributed by atoms with Crippen LogP contribution in [0, 0.1) is 12.8 Å². The number of benzene rings is 2. The van der Waals surface area contributed by atoms with Crippen molar-refractivity contribution in [2.45, 2.75) is 38.3 Å². The monoisotopic (exact) mass is 487 g/mol. The molecule has 11 heteroatoms. The fourth-order valence-corrected chi connectivity index (χ4v) is 4.59. The summed E-state index contributed by atoms with van der Waals surface area (Å²) >= 11 is 0. The van der Waals surface area contributed by atoms with Gasteiger partial charge in [-0.2, -0.15) is 9.71 Å². The standard InChI is InChI=1S/C23H25N3O7S/c1-14(2)21(26-34(28,29)17-8-9-18-19(12-17)31-11-10-30-18)23(27)32-13-20-24-22(25-33-20)16-6-4-15(3)5-7-16/h4-9,12,14,21,26H,10-11,13H2,1-3H3. The van der Waals surface area contributed by atoms with Crippen LogP contribution in [0.3, 0.4) is 0 Å². The van der Waals surface area contributed by atoms with Crippen molar-refractivity contribution in [1.82, 2.24) is 14.9 Å². The predicted molar refractivity (Wildman–Crippen MR) is 121 cm³/mol. The number of aromatic nitrogens is 2. The number of hydrogen-bond acceptors (Lipinski definition) is 9. The first-order chi connectivity index (χ1) is 16.2. The zero-order valence-electron chi connectivity index (χ0n) is 19.0. The predicted octanol–water partition coefficient (Wildman–Crippen LogP) is 2.86. The van der Waals surface area contributed by atoms with Crippen LogP contribution in [0.25, 0.3) is 11.4 Å². The van der Waals surface area contributed by atoms with Crippen LogP contribution < -0.4 is 14.2 Å². The van der Waals surface area contributed by atoms with Gasteiger partial charge < -0.3 is 18.7 Å². The Morgan fingerprint density at radius 3 is 2.50 bits per heavy atom. The molecule has 1 aromatic heterocycles. The first-order valence-electron chi connectivity index (χ1n) is 10.7. The Hall–Kier alpha value is -3.44. The van der Waals surface area contributed by atoms with E-state index < -0.39 is 22.0 Å². The van der Waals surface area contributed by atoms with Crippen molar-refractivity contribution in [2.75, 3.05) is 13.2 Å². The van der Waals surface area contributed by atoms with Gasteiger partial charge in [0.15, 0.2) is 18.1 Å². The second kappa shape index (κ2) is 9.82. The van der Waals surface area contributed by atoms with Crippen molar-refractivity contribution in [2.24, 2.45) is 5.92 Å². The van der Waals surface area contributed by atoms with E-state index in [-0.39, 0.29) is 23.3 Å². The van der Waals surface area contributed by atoms with Gasteiger partial charge in [0, 0.05) is 11.6 Å². The Bertz CT molecular complexity index is 1270. The lowest BCUT2D eigenvalue weighted by Gasteiger charge is -2.22. The summed E-state index contributed by atoms with van der Waals surface area (Å²) in [6.07, 6.45) is 0. The summed E-state index contributed by atoms with van der Waals surface area (Å²) in [5.41, 5.74) is 1.86. The quantitative estimate of drug-likeness (QED) is 0.477. The largest absolute Gasteiger partial charge is 0.486 e. The molecule has 1 N–H and O–H groups in total. The van der Waals surface area contributed by atoms with Crippen molar-refractivity contribution in [1.29, 1.82) is 0 Å². The second-order valence-electron chi connectivity index (χ2n) is 8.13. The summed E-state index contributed by atoms with van der Waals surface area (Å²) < 4.78 is 49.6. The van der Waals surface area contributed by atoms with Crippen LogP contribution in [0.5, 0.6) is 11.5 Å². The number of carbonyl (C=O) groups is 1. The molecule has 10 nitrogen and oxygen atoms in total. The van der Waals surface area contributed by atoms with Gasteiger partial charge in [-0.15, -0.1) is 0 Å². The number of hydrogen-bond donors (Lipinski definition) is 1. The van der Waals surface area contributed by atoms with E-state index in [1.165, 1.54) is 18.2 Å². The maximum absolute atomic E-state index is 12.9. The Morgan fingerprint density at radius 1 is 1.09 bits per heavy atom. The van der Waals surface area contributed by atoms with E-state index in [4.69, 9.17) is 18.7 Å². The average molecular weight is 488 g/mol. The second-order valence-corrected chi connectivity index (χ2v) is 9.85. The van der Waals surface area contributed by atoms with Crippen LogP contribution in [0.15, 0.2) is 51.9 Å². The van der Waals surface area contributed by atoms with Crippen LogP contribution in [0.1, 0.15) is 25.3 Å². The van der Waals surface area contributed by atoms with E-state index in [1.807, 2.05) is 31.2 Å².